The van der Waals surface area contributed by atoms with E-state index in [0.29, 0.717) is 128 Å². The zero-order chi connectivity index (χ0) is 75.0. The summed E-state index contributed by atoms with van der Waals surface area (Å²) in [6.45, 7) is 14.7. The van der Waals surface area contributed by atoms with Crippen molar-refractivity contribution in [1.29, 1.82) is 0 Å². The largest absolute Gasteiger partial charge is 0.495 e. The van der Waals surface area contributed by atoms with Crippen LogP contribution in [0.4, 0.5) is 10.1 Å². The number of benzene rings is 7. The van der Waals surface area contributed by atoms with E-state index < -0.39 is 5.82 Å². The molecule has 2 aliphatic heterocycles. The van der Waals surface area contributed by atoms with Crippen LogP contribution in [0.3, 0.4) is 0 Å². The quantitative estimate of drug-likeness (QED) is 0.0787. The summed E-state index contributed by atoms with van der Waals surface area (Å²) in [6, 6.07) is 48.7. The molecule has 1 N–H and O–H groups in total. The summed E-state index contributed by atoms with van der Waals surface area (Å²) in [5.41, 5.74) is 7.44. The normalized spacial score (nSPS) is 13.9. The molecule has 0 radical (unpaired) electrons. The van der Waals surface area contributed by atoms with E-state index in [9.17, 15) is 33.2 Å². The van der Waals surface area contributed by atoms with Crippen molar-refractivity contribution in [2.24, 2.45) is 0 Å². The number of fused-ring (bicyclic) bond motifs is 3. The molecule has 23 nitrogen and oxygen atoms in total. The number of methoxy groups -OCH3 is 2. The fourth-order valence-corrected chi connectivity index (χ4v) is 13.6. The molecule has 0 aliphatic carbocycles. The Bertz CT molecular complexity index is 5750. The minimum Gasteiger partial charge on any atom is -0.495 e. The number of rotatable bonds is 18. The first-order valence-electron chi connectivity index (χ1n) is 33.8. The van der Waals surface area contributed by atoms with Crippen LogP contribution in [0.5, 0.6) is 46.0 Å². The lowest BCUT2D eigenvalue weighted by Crippen LogP contribution is -2.42. The number of hydrogen-bond acceptors (Lipinski definition) is 14. The molecule has 7 aromatic carbocycles. The summed E-state index contributed by atoms with van der Waals surface area (Å²) in [7, 11) is 2.91. The van der Waals surface area contributed by atoms with Crippen LogP contribution in [0.1, 0.15) is 36.9 Å². The van der Waals surface area contributed by atoms with E-state index in [1.807, 2.05) is 73.7 Å². The second-order valence-corrected chi connectivity index (χ2v) is 25.5. The highest BCUT2D eigenvalue weighted by atomic mass is 35.5. The molecule has 0 bridgehead atoms. The van der Waals surface area contributed by atoms with Gasteiger partial charge < -0.3 is 38.8 Å². The number of carbonyl (C=O) groups excluding carboxylic acids is 3. The third kappa shape index (κ3) is 14.9. The summed E-state index contributed by atoms with van der Waals surface area (Å²) < 4.78 is 52.0. The maximum Gasteiger partial charge on any atom is 0.338 e. The average molecular weight is 1480 g/mol. The average Bonchev–Trinajstić information content (AvgIpc) is 1.61. The number of carbonyl (C=O) groups is 3. The highest BCUT2D eigenvalue weighted by molar-refractivity contribution is 6.33. The minimum atomic E-state index is -0.531. The predicted molar refractivity (Wildman–Crippen MR) is 409 cm³/mol. The summed E-state index contributed by atoms with van der Waals surface area (Å²) in [5.74, 6) is 2.42. The fraction of sp³-hybridized carbons (Fsp3) is 0.148. The first-order valence-corrected chi connectivity index (χ1v) is 34.6. The van der Waals surface area contributed by atoms with Crippen LogP contribution in [0.25, 0.3) is 55.8 Å². The van der Waals surface area contributed by atoms with E-state index in [1.165, 1.54) is 42.0 Å². The molecule has 2 fully saturated rings. The topological polar surface area (TPSA) is 235 Å². The van der Waals surface area contributed by atoms with E-state index >= 15 is 0 Å². The number of nitrogens with zero attached hydrogens (tertiary/aromatic N) is 11. The summed E-state index contributed by atoms with van der Waals surface area (Å²) >= 11 is 12.5. The van der Waals surface area contributed by atoms with Gasteiger partial charge in [-0.1, -0.05) is 67.2 Å². The van der Waals surface area contributed by atoms with Gasteiger partial charge in [0.15, 0.2) is 17.3 Å². The molecule has 2 aliphatic rings. The van der Waals surface area contributed by atoms with Gasteiger partial charge in [0.1, 0.15) is 39.5 Å². The molecule has 107 heavy (non-hydrogen) atoms. The van der Waals surface area contributed by atoms with Gasteiger partial charge in [-0.3, -0.25) is 56.7 Å². The van der Waals surface area contributed by atoms with Crippen molar-refractivity contribution in [3.05, 3.63) is 298 Å². The maximum absolute atomic E-state index is 14.0. The molecule has 26 heteroatoms. The van der Waals surface area contributed by atoms with Gasteiger partial charge in [0.2, 0.25) is 17.7 Å². The van der Waals surface area contributed by atoms with Crippen molar-refractivity contribution in [3.8, 4) is 68.7 Å². The van der Waals surface area contributed by atoms with Crippen molar-refractivity contribution in [1.82, 2.24) is 52.2 Å². The van der Waals surface area contributed by atoms with Crippen LogP contribution in [0.15, 0.2) is 259 Å². The van der Waals surface area contributed by atoms with E-state index in [1.54, 1.807) is 168 Å². The molecular weight excluding hydrogens is 1410 g/mol. The number of para-hydroxylation sites is 1. The second kappa shape index (κ2) is 31.9. The predicted octanol–water partition coefficient (Wildman–Crippen LogP) is 15.1. The SMILES string of the molecule is C=CC(=O)N1CCC(n2c(=O)n(-c3ccc(Oc4cccc(OC)c4Cl)cc3)c3cnccc32)C1.C=CC(=O)N1CCCC(n2c(=O)n(-c3ccc(Oc4cccc(Cl)c4C)cc3)c3cnccc32)C1.C=CC(=O)Nc1cccc(-n2c(=O)n(-c3ccc(Oc4cccc(F)c4OC)cc3)c3cnccc32)c1. The summed E-state index contributed by atoms with van der Waals surface area (Å²) in [6.07, 6.45) is 16.1. The number of ether oxygens (including phenoxy) is 5. The van der Waals surface area contributed by atoms with Crippen molar-refractivity contribution < 1.29 is 42.5 Å². The van der Waals surface area contributed by atoms with E-state index in [2.05, 4.69) is 40.0 Å². The molecule has 0 saturated carbocycles. The van der Waals surface area contributed by atoms with Crippen molar-refractivity contribution in [2.45, 2.75) is 38.3 Å². The number of halogens is 3. The van der Waals surface area contributed by atoms with E-state index in [0.717, 1.165) is 29.4 Å². The molecule has 540 valence electrons. The van der Waals surface area contributed by atoms with Gasteiger partial charge in [-0.2, -0.15) is 0 Å². The molecule has 2 unspecified atom stereocenters. The lowest BCUT2D eigenvalue weighted by molar-refractivity contribution is -0.127. The first-order chi connectivity index (χ1) is 52.0. The van der Waals surface area contributed by atoms with Gasteiger partial charge in [-0.05, 0) is 190 Å². The van der Waals surface area contributed by atoms with E-state index in [4.69, 9.17) is 46.9 Å². The molecule has 2 atom stereocenters. The van der Waals surface area contributed by atoms with Gasteiger partial charge in [0, 0.05) is 61.0 Å². The van der Waals surface area contributed by atoms with Crippen LogP contribution in [0.2, 0.25) is 10.0 Å². The van der Waals surface area contributed by atoms with Gasteiger partial charge >= 0.3 is 17.1 Å². The smallest absolute Gasteiger partial charge is 0.338 e. The van der Waals surface area contributed by atoms with Crippen LogP contribution in [-0.2, 0) is 14.4 Å². The maximum atomic E-state index is 14.0. The molecule has 13 aromatic rings. The van der Waals surface area contributed by atoms with Crippen LogP contribution in [0, 0.1) is 12.7 Å². The summed E-state index contributed by atoms with van der Waals surface area (Å²) in [4.78, 5) is 93.2. The lowest BCUT2D eigenvalue weighted by Gasteiger charge is -2.32. The Morgan fingerprint density at radius 3 is 1.50 bits per heavy atom. The number of likely N-dealkylation sites (tertiary alicyclic amines) is 2. The van der Waals surface area contributed by atoms with Gasteiger partial charge in [-0.25, -0.2) is 18.8 Å². The van der Waals surface area contributed by atoms with Crippen molar-refractivity contribution >= 4 is 79.7 Å². The molecule has 6 aromatic heterocycles. The Labute approximate surface area is 621 Å². The second-order valence-electron chi connectivity index (χ2n) is 24.7. The van der Waals surface area contributed by atoms with Crippen molar-refractivity contribution in [3.63, 3.8) is 0 Å². The van der Waals surface area contributed by atoms with Gasteiger partial charge in [-0.15, -0.1) is 0 Å². The standard InChI is InChI=1S/C28H21FN4O4.C27H25ClN4O3.C26H23ClN4O4/c1-3-26(34)31-18-6-4-7-20(16-18)33-23-14-15-30-17-24(23)32(28(33)35)19-10-12-21(13-11-19)37-25-9-5-8-22(29)27(25)36-2;1-3-26(33)30-15-5-6-20(17-30)32-23-13-14-29-16-24(23)31(27(32)34)19-9-11-21(12-10-19)35-25-8-4-7-22(28)18(25)2;1-3-24(32)29-14-12-18(16-29)31-20-11-13-28-15-21(20)30(26(31)33)17-7-9-19(10-8-17)35-23-6-4-5-22(34-2)25(23)27/h3-17H,1H2,2H3,(H,31,34);3-4,7-14,16,20H,1,5-6,15,17H2,2H3;3-11,13,15,18H,1,12,14,16H2,2H3. The number of amides is 3. The fourth-order valence-electron chi connectivity index (χ4n) is 13.1. The monoisotopic (exact) mass is 1470 g/mol. The number of pyridine rings is 3. The summed E-state index contributed by atoms with van der Waals surface area (Å²) in [5, 5.41) is 3.73. The number of anilines is 1. The molecule has 15 rings (SSSR count). The Kier molecular flexibility index (Phi) is 21.6. The zero-order valence-electron chi connectivity index (χ0n) is 58.1. The van der Waals surface area contributed by atoms with Crippen LogP contribution in [-0.4, -0.2) is 110 Å². The molecular formula is C81H69Cl2FN12O11. The molecule has 0 spiro atoms. The van der Waals surface area contributed by atoms with Crippen LogP contribution < -0.4 is 46.1 Å². The number of imidazole rings is 3. The van der Waals surface area contributed by atoms with Gasteiger partial charge in [0.25, 0.3) is 0 Å². The Morgan fingerprint density at radius 2 is 0.953 bits per heavy atom. The number of nitrogens with one attached hydrogen (secondary N) is 1. The first kappa shape index (κ1) is 72.3. The number of aromatic nitrogens is 9. The molecule has 8 heterocycles. The molecule has 2 saturated heterocycles. The zero-order valence-corrected chi connectivity index (χ0v) is 59.6. The van der Waals surface area contributed by atoms with Crippen LogP contribution >= 0.6 is 23.2 Å². The number of hydrogen-bond donors (Lipinski definition) is 1. The minimum absolute atomic E-state index is 0.00320. The highest BCUT2D eigenvalue weighted by Crippen LogP contribution is 2.39. The highest BCUT2D eigenvalue weighted by Gasteiger charge is 2.32. The third-order valence-electron chi connectivity index (χ3n) is 18.3. The Morgan fingerprint density at radius 1 is 0.495 bits per heavy atom. The third-order valence-corrected chi connectivity index (χ3v) is 19.1. The van der Waals surface area contributed by atoms with Gasteiger partial charge in [0.05, 0.1) is 101 Å². The molecule has 3 amide bonds. The lowest BCUT2D eigenvalue weighted by atomic mass is 10.1. The van der Waals surface area contributed by atoms with Crippen molar-refractivity contribution in [2.75, 3.05) is 45.7 Å². The Hall–Kier alpha value is -13.1. The number of piperidine rings is 1. The Balaban J connectivity index is 0.000000142. The van der Waals surface area contributed by atoms with E-state index in [-0.39, 0.29) is 58.4 Å².